The van der Waals surface area contributed by atoms with Crippen LogP contribution in [0, 0.1) is 0 Å². The van der Waals surface area contributed by atoms with Crippen molar-refractivity contribution in [1.29, 1.82) is 0 Å². The van der Waals surface area contributed by atoms with E-state index < -0.39 is 0 Å². The standard InChI is InChI=1S/C6H12N4O/c7-6(8)10-4-2-1-3-9-5(4)11/h4H,1-3H2,(H,9,11)(H4,7,8,10). The van der Waals surface area contributed by atoms with Crippen LogP contribution in [0.2, 0.25) is 0 Å². The SMILES string of the molecule is NC(N)=NC1CCCNC1=O. The molecule has 62 valence electrons. The lowest BCUT2D eigenvalue weighted by Crippen LogP contribution is -2.41. The Kier molecular flexibility index (Phi) is 2.30. The number of carbonyl (C=O) groups excluding carboxylic acids is 1. The highest BCUT2D eigenvalue weighted by Crippen LogP contribution is 2.05. The first kappa shape index (κ1) is 7.84. The van der Waals surface area contributed by atoms with Crippen molar-refractivity contribution in [2.45, 2.75) is 18.9 Å². The minimum Gasteiger partial charge on any atom is -0.370 e. The number of hydrogen-bond donors (Lipinski definition) is 3. The summed E-state index contributed by atoms with van der Waals surface area (Å²) in [5, 5.41) is 2.68. The molecule has 5 heteroatoms. The van der Waals surface area contributed by atoms with Gasteiger partial charge in [0.1, 0.15) is 6.04 Å². The molecule has 1 aliphatic heterocycles. The maximum atomic E-state index is 11.0. The lowest BCUT2D eigenvalue weighted by atomic mass is 10.1. The Morgan fingerprint density at radius 2 is 2.36 bits per heavy atom. The van der Waals surface area contributed by atoms with Gasteiger partial charge in [-0.2, -0.15) is 0 Å². The number of amides is 1. The molecular formula is C6H12N4O. The van der Waals surface area contributed by atoms with Gasteiger partial charge in [-0.05, 0) is 12.8 Å². The first-order valence-corrected chi connectivity index (χ1v) is 3.56. The van der Waals surface area contributed by atoms with Gasteiger partial charge in [-0.1, -0.05) is 0 Å². The number of aliphatic imine (C=N–C) groups is 1. The van der Waals surface area contributed by atoms with Crippen molar-refractivity contribution in [2.75, 3.05) is 6.54 Å². The number of nitrogens with two attached hydrogens (primary N) is 2. The Balaban J connectivity index is 2.55. The van der Waals surface area contributed by atoms with E-state index in [4.69, 9.17) is 11.5 Å². The molecule has 1 saturated heterocycles. The molecule has 0 radical (unpaired) electrons. The van der Waals surface area contributed by atoms with E-state index in [0.717, 1.165) is 19.4 Å². The van der Waals surface area contributed by atoms with Gasteiger partial charge < -0.3 is 16.8 Å². The van der Waals surface area contributed by atoms with Crippen LogP contribution in [0.5, 0.6) is 0 Å². The van der Waals surface area contributed by atoms with Crippen LogP contribution in [0.1, 0.15) is 12.8 Å². The second-order valence-electron chi connectivity index (χ2n) is 2.50. The third-order valence-corrected chi connectivity index (χ3v) is 1.56. The summed E-state index contributed by atoms with van der Waals surface area (Å²) in [5.74, 6) is -0.100. The van der Waals surface area contributed by atoms with Crippen LogP contribution in [0.4, 0.5) is 0 Å². The minimum absolute atomic E-state index is 0.0212. The summed E-state index contributed by atoms with van der Waals surface area (Å²) in [5.41, 5.74) is 10.3. The zero-order valence-electron chi connectivity index (χ0n) is 6.21. The fourth-order valence-corrected chi connectivity index (χ4v) is 1.06. The number of nitrogens with zero attached hydrogens (tertiary/aromatic N) is 1. The van der Waals surface area contributed by atoms with Crippen molar-refractivity contribution in [3.63, 3.8) is 0 Å². The van der Waals surface area contributed by atoms with Gasteiger partial charge in [-0.15, -0.1) is 0 Å². The van der Waals surface area contributed by atoms with Gasteiger partial charge in [0.2, 0.25) is 5.91 Å². The fraction of sp³-hybridized carbons (Fsp3) is 0.667. The first-order chi connectivity index (χ1) is 5.20. The highest BCUT2D eigenvalue weighted by molar-refractivity contribution is 5.86. The van der Waals surface area contributed by atoms with Gasteiger partial charge in [-0.3, -0.25) is 4.79 Å². The summed E-state index contributed by atoms with van der Waals surface area (Å²) < 4.78 is 0. The molecule has 0 aromatic rings. The Bertz CT molecular complexity index is 185. The lowest BCUT2D eigenvalue weighted by molar-refractivity contribution is -0.123. The summed E-state index contributed by atoms with van der Waals surface area (Å²) in [6.07, 6.45) is 1.68. The van der Waals surface area contributed by atoms with Crippen LogP contribution in [0.15, 0.2) is 4.99 Å². The largest absolute Gasteiger partial charge is 0.370 e. The summed E-state index contributed by atoms with van der Waals surface area (Å²) in [6.45, 7) is 0.731. The van der Waals surface area contributed by atoms with Gasteiger partial charge in [0.05, 0.1) is 0 Å². The van der Waals surface area contributed by atoms with Gasteiger partial charge in [0.25, 0.3) is 0 Å². The number of guanidine groups is 1. The summed E-state index contributed by atoms with van der Waals surface area (Å²) in [4.78, 5) is 14.8. The molecule has 1 unspecified atom stereocenters. The smallest absolute Gasteiger partial charge is 0.244 e. The number of piperidine rings is 1. The van der Waals surface area contributed by atoms with Crippen LogP contribution < -0.4 is 16.8 Å². The van der Waals surface area contributed by atoms with E-state index in [0.29, 0.717) is 0 Å². The van der Waals surface area contributed by atoms with Crippen LogP contribution in [-0.4, -0.2) is 24.5 Å². The monoisotopic (exact) mass is 156 g/mol. The average Bonchev–Trinajstić information content (AvgIpc) is 1.93. The van der Waals surface area contributed by atoms with E-state index in [2.05, 4.69) is 10.3 Å². The topological polar surface area (TPSA) is 93.5 Å². The Hall–Kier alpha value is -1.26. The molecule has 0 aromatic heterocycles. The molecule has 5 N–H and O–H groups in total. The molecule has 0 spiro atoms. The molecule has 1 amide bonds. The average molecular weight is 156 g/mol. The van der Waals surface area contributed by atoms with E-state index in [1.54, 1.807) is 0 Å². The zero-order chi connectivity index (χ0) is 8.27. The van der Waals surface area contributed by atoms with Gasteiger partial charge in [0.15, 0.2) is 5.96 Å². The van der Waals surface area contributed by atoms with Gasteiger partial charge >= 0.3 is 0 Å². The van der Waals surface area contributed by atoms with E-state index in [1.165, 1.54) is 0 Å². The van der Waals surface area contributed by atoms with E-state index >= 15 is 0 Å². The highest BCUT2D eigenvalue weighted by atomic mass is 16.2. The zero-order valence-corrected chi connectivity index (χ0v) is 6.21. The summed E-state index contributed by atoms with van der Waals surface area (Å²) in [7, 11) is 0. The van der Waals surface area contributed by atoms with Crippen molar-refractivity contribution >= 4 is 11.9 Å². The predicted octanol–water partition coefficient (Wildman–Crippen LogP) is -1.46. The van der Waals surface area contributed by atoms with Crippen molar-refractivity contribution in [2.24, 2.45) is 16.5 Å². The van der Waals surface area contributed by atoms with E-state index in [-0.39, 0.29) is 17.9 Å². The summed E-state index contributed by atoms with van der Waals surface area (Å²) >= 11 is 0. The summed E-state index contributed by atoms with van der Waals surface area (Å²) in [6, 6.07) is -0.367. The highest BCUT2D eigenvalue weighted by Gasteiger charge is 2.20. The number of rotatable bonds is 1. The maximum Gasteiger partial charge on any atom is 0.244 e. The molecule has 11 heavy (non-hydrogen) atoms. The number of nitrogens with one attached hydrogen (secondary N) is 1. The Morgan fingerprint density at radius 3 is 2.91 bits per heavy atom. The van der Waals surface area contributed by atoms with Crippen LogP contribution >= 0.6 is 0 Å². The second-order valence-corrected chi connectivity index (χ2v) is 2.50. The minimum atomic E-state index is -0.367. The molecule has 0 aromatic carbocycles. The normalized spacial score (nSPS) is 24.0. The third kappa shape index (κ3) is 2.10. The number of carbonyl (C=O) groups is 1. The van der Waals surface area contributed by atoms with Crippen molar-refractivity contribution in [1.82, 2.24) is 5.32 Å². The maximum absolute atomic E-state index is 11.0. The second kappa shape index (κ2) is 3.23. The fourth-order valence-electron chi connectivity index (χ4n) is 1.06. The Morgan fingerprint density at radius 1 is 1.64 bits per heavy atom. The quantitative estimate of drug-likeness (QED) is 0.320. The van der Waals surface area contributed by atoms with Crippen LogP contribution in [0.25, 0.3) is 0 Å². The van der Waals surface area contributed by atoms with Crippen molar-refractivity contribution < 1.29 is 4.79 Å². The molecule has 1 atom stereocenters. The Labute approximate surface area is 64.8 Å². The first-order valence-electron chi connectivity index (χ1n) is 3.56. The molecule has 0 bridgehead atoms. The number of hydrogen-bond acceptors (Lipinski definition) is 2. The molecular weight excluding hydrogens is 144 g/mol. The van der Waals surface area contributed by atoms with E-state index in [1.807, 2.05) is 0 Å². The molecule has 1 fully saturated rings. The van der Waals surface area contributed by atoms with Crippen molar-refractivity contribution in [3.05, 3.63) is 0 Å². The molecule has 1 aliphatic rings. The molecule has 0 aliphatic carbocycles. The molecule has 0 saturated carbocycles. The predicted molar refractivity (Wildman–Crippen MR) is 41.8 cm³/mol. The third-order valence-electron chi connectivity index (χ3n) is 1.56. The molecule has 1 heterocycles. The van der Waals surface area contributed by atoms with Gasteiger partial charge in [-0.25, -0.2) is 4.99 Å². The van der Waals surface area contributed by atoms with Crippen molar-refractivity contribution in [3.8, 4) is 0 Å². The van der Waals surface area contributed by atoms with Crippen LogP contribution in [0.3, 0.4) is 0 Å². The van der Waals surface area contributed by atoms with Crippen LogP contribution in [-0.2, 0) is 4.79 Å². The lowest BCUT2D eigenvalue weighted by Gasteiger charge is -2.17. The molecule has 5 nitrogen and oxygen atoms in total. The molecule has 1 rings (SSSR count). The van der Waals surface area contributed by atoms with E-state index in [9.17, 15) is 4.79 Å². The van der Waals surface area contributed by atoms with Gasteiger partial charge in [0, 0.05) is 6.54 Å².